The summed E-state index contributed by atoms with van der Waals surface area (Å²) in [6, 6.07) is 6.68. The van der Waals surface area contributed by atoms with Crippen molar-refractivity contribution in [2.75, 3.05) is 11.9 Å². The van der Waals surface area contributed by atoms with E-state index in [1.165, 1.54) is 0 Å². The molecule has 2 rings (SSSR count). The smallest absolute Gasteiger partial charge is 0.303 e. The van der Waals surface area contributed by atoms with Crippen molar-refractivity contribution in [1.82, 2.24) is 5.32 Å². The first-order valence-corrected chi connectivity index (χ1v) is 6.44. The number of carbonyl (C=O) groups excluding carboxylic acids is 3. The number of nitrogens with one attached hydrogen (secondary N) is 2. The van der Waals surface area contributed by atoms with E-state index in [0.717, 1.165) is 0 Å². The summed E-state index contributed by atoms with van der Waals surface area (Å²) >= 11 is 0. The Hall–Kier alpha value is -2.70. The number of para-hydroxylation sites is 1. The first-order chi connectivity index (χ1) is 10.0. The second-order valence-electron chi connectivity index (χ2n) is 4.63. The van der Waals surface area contributed by atoms with E-state index in [4.69, 9.17) is 5.11 Å². The summed E-state index contributed by atoms with van der Waals surface area (Å²) in [6.07, 6.45) is 0.128. The van der Waals surface area contributed by atoms with Crippen LogP contribution in [-0.4, -0.2) is 35.2 Å². The highest BCUT2D eigenvalue weighted by Crippen LogP contribution is 2.32. The van der Waals surface area contributed by atoms with Crippen molar-refractivity contribution < 1.29 is 24.3 Å². The van der Waals surface area contributed by atoms with Gasteiger partial charge < -0.3 is 15.7 Å². The van der Waals surface area contributed by atoms with Crippen LogP contribution in [-0.2, 0) is 19.2 Å². The van der Waals surface area contributed by atoms with E-state index < -0.39 is 29.5 Å². The molecule has 1 aromatic carbocycles. The van der Waals surface area contributed by atoms with Crippen LogP contribution < -0.4 is 10.6 Å². The van der Waals surface area contributed by atoms with Gasteiger partial charge in [-0.25, -0.2) is 0 Å². The van der Waals surface area contributed by atoms with Gasteiger partial charge >= 0.3 is 5.97 Å². The highest BCUT2D eigenvalue weighted by Gasteiger charge is 2.39. The van der Waals surface area contributed by atoms with Crippen LogP contribution >= 0.6 is 0 Å². The van der Waals surface area contributed by atoms with Gasteiger partial charge in [-0.2, -0.15) is 0 Å². The van der Waals surface area contributed by atoms with Gasteiger partial charge in [0.2, 0.25) is 11.7 Å². The molecule has 0 spiro atoms. The molecule has 1 aromatic rings. The van der Waals surface area contributed by atoms with Gasteiger partial charge in [-0.1, -0.05) is 18.2 Å². The number of carbonyl (C=O) groups is 4. The number of rotatable bonds is 6. The second kappa shape index (κ2) is 6.17. The lowest BCUT2D eigenvalue weighted by molar-refractivity contribution is -0.140. The Kier molecular flexibility index (Phi) is 4.32. The van der Waals surface area contributed by atoms with E-state index in [9.17, 15) is 19.2 Å². The van der Waals surface area contributed by atoms with Gasteiger partial charge in [-0.3, -0.25) is 19.2 Å². The lowest BCUT2D eigenvalue weighted by Gasteiger charge is -2.08. The number of benzene rings is 1. The molecule has 110 valence electrons. The zero-order valence-corrected chi connectivity index (χ0v) is 11.1. The number of carboxylic acids is 1. The fraction of sp³-hybridized carbons (Fsp3) is 0.286. The van der Waals surface area contributed by atoms with Crippen LogP contribution in [0.25, 0.3) is 0 Å². The largest absolute Gasteiger partial charge is 0.481 e. The average Bonchev–Trinajstić information content (AvgIpc) is 2.78. The zero-order valence-electron chi connectivity index (χ0n) is 11.1. The van der Waals surface area contributed by atoms with E-state index >= 15 is 0 Å². The number of fused-ring (bicyclic) bond motifs is 1. The van der Waals surface area contributed by atoms with Gasteiger partial charge in [0.15, 0.2) is 0 Å². The molecule has 0 saturated carbocycles. The SMILES string of the molecule is O=C(O)CCCNC(=O)C(=O)[C@H]1C(=O)Nc2ccccc21. The molecule has 2 amide bonds. The first kappa shape index (κ1) is 14.7. The molecular weight excluding hydrogens is 276 g/mol. The average molecular weight is 290 g/mol. The molecule has 0 unspecified atom stereocenters. The van der Waals surface area contributed by atoms with Gasteiger partial charge in [0.1, 0.15) is 5.92 Å². The number of hydrogen-bond acceptors (Lipinski definition) is 4. The number of ketones is 1. The minimum Gasteiger partial charge on any atom is -0.481 e. The van der Waals surface area contributed by atoms with Crippen LogP contribution in [0, 0.1) is 0 Å². The summed E-state index contributed by atoms with van der Waals surface area (Å²) in [4.78, 5) is 45.9. The molecule has 0 radical (unpaired) electrons. The van der Waals surface area contributed by atoms with E-state index in [1.54, 1.807) is 24.3 Å². The molecule has 21 heavy (non-hydrogen) atoms. The third kappa shape index (κ3) is 3.25. The molecule has 1 heterocycles. The number of Topliss-reactive ketones (excluding diaryl/α,β-unsaturated/α-hetero) is 1. The number of aliphatic carboxylic acids is 1. The fourth-order valence-electron chi connectivity index (χ4n) is 2.13. The van der Waals surface area contributed by atoms with Gasteiger partial charge in [0.25, 0.3) is 5.91 Å². The van der Waals surface area contributed by atoms with Crippen LogP contribution in [0.5, 0.6) is 0 Å². The summed E-state index contributed by atoms with van der Waals surface area (Å²) in [5.41, 5.74) is 1.01. The van der Waals surface area contributed by atoms with Gasteiger partial charge in [-0.15, -0.1) is 0 Å². The molecule has 7 heteroatoms. The third-order valence-corrected chi connectivity index (χ3v) is 3.13. The Morgan fingerprint density at radius 1 is 1.24 bits per heavy atom. The highest BCUT2D eigenvalue weighted by molar-refractivity contribution is 6.44. The lowest BCUT2D eigenvalue weighted by Crippen LogP contribution is -2.37. The van der Waals surface area contributed by atoms with E-state index in [1.807, 2.05) is 0 Å². The molecule has 7 nitrogen and oxygen atoms in total. The Morgan fingerprint density at radius 3 is 2.67 bits per heavy atom. The summed E-state index contributed by atoms with van der Waals surface area (Å²) in [5, 5.41) is 13.4. The highest BCUT2D eigenvalue weighted by atomic mass is 16.4. The normalized spacial score (nSPS) is 16.0. The fourth-order valence-corrected chi connectivity index (χ4v) is 2.13. The van der Waals surface area contributed by atoms with E-state index in [-0.39, 0.29) is 19.4 Å². The Bertz CT molecular complexity index is 611. The maximum absolute atomic E-state index is 12.1. The molecular formula is C14H14N2O5. The summed E-state index contributed by atoms with van der Waals surface area (Å²) < 4.78 is 0. The third-order valence-electron chi connectivity index (χ3n) is 3.13. The van der Waals surface area contributed by atoms with Crippen molar-refractivity contribution in [3.8, 4) is 0 Å². The van der Waals surface area contributed by atoms with Gasteiger partial charge in [0, 0.05) is 18.7 Å². The van der Waals surface area contributed by atoms with Crippen molar-refractivity contribution in [3.05, 3.63) is 29.8 Å². The standard InChI is InChI=1S/C14H14N2O5/c17-10(18)6-3-7-15-14(21)12(19)11-8-4-1-2-5-9(8)16-13(11)20/h1-2,4-5,11H,3,6-7H2,(H,15,21)(H,16,20)(H,17,18)/t11-/m0/s1. The summed E-state index contributed by atoms with van der Waals surface area (Å²) in [7, 11) is 0. The number of amides is 2. The molecule has 0 aromatic heterocycles. The Morgan fingerprint density at radius 2 is 1.95 bits per heavy atom. The topological polar surface area (TPSA) is 113 Å². The quantitative estimate of drug-likeness (QED) is 0.395. The van der Waals surface area contributed by atoms with Crippen molar-refractivity contribution in [3.63, 3.8) is 0 Å². The van der Waals surface area contributed by atoms with Crippen LogP contribution in [0.2, 0.25) is 0 Å². The van der Waals surface area contributed by atoms with Gasteiger partial charge in [0.05, 0.1) is 0 Å². The Labute approximate surface area is 120 Å². The van der Waals surface area contributed by atoms with Crippen LogP contribution in [0.15, 0.2) is 24.3 Å². The lowest BCUT2D eigenvalue weighted by atomic mass is 9.95. The van der Waals surface area contributed by atoms with E-state index in [0.29, 0.717) is 11.3 Å². The van der Waals surface area contributed by atoms with Crippen molar-refractivity contribution in [2.45, 2.75) is 18.8 Å². The maximum atomic E-state index is 12.1. The minimum atomic E-state index is -1.14. The van der Waals surface area contributed by atoms with Crippen molar-refractivity contribution in [2.24, 2.45) is 0 Å². The van der Waals surface area contributed by atoms with Crippen molar-refractivity contribution >= 4 is 29.3 Å². The van der Waals surface area contributed by atoms with Gasteiger partial charge in [-0.05, 0) is 18.1 Å². The molecule has 0 saturated heterocycles. The minimum absolute atomic E-state index is 0.0762. The second-order valence-corrected chi connectivity index (χ2v) is 4.63. The molecule has 0 aliphatic carbocycles. The van der Waals surface area contributed by atoms with E-state index in [2.05, 4.69) is 10.6 Å². The summed E-state index contributed by atoms with van der Waals surface area (Å²) in [5.74, 6) is -4.35. The number of anilines is 1. The number of carboxylic acid groups (broad SMARTS) is 1. The molecule has 1 aliphatic heterocycles. The van der Waals surface area contributed by atoms with Crippen LogP contribution in [0.1, 0.15) is 24.3 Å². The van der Waals surface area contributed by atoms with Crippen LogP contribution in [0.4, 0.5) is 5.69 Å². The van der Waals surface area contributed by atoms with Crippen molar-refractivity contribution in [1.29, 1.82) is 0 Å². The molecule has 1 aliphatic rings. The maximum Gasteiger partial charge on any atom is 0.303 e. The zero-order chi connectivity index (χ0) is 15.4. The molecule has 1 atom stereocenters. The van der Waals surface area contributed by atoms with Crippen LogP contribution in [0.3, 0.4) is 0 Å². The molecule has 3 N–H and O–H groups in total. The predicted molar refractivity (Wildman–Crippen MR) is 72.7 cm³/mol. The monoisotopic (exact) mass is 290 g/mol. The molecule has 0 bridgehead atoms. The predicted octanol–water partition coefficient (Wildman–Crippen LogP) is 0.272. The Balaban J connectivity index is 1.98. The number of hydrogen-bond donors (Lipinski definition) is 3. The first-order valence-electron chi connectivity index (χ1n) is 6.44. The summed E-state index contributed by atoms with van der Waals surface area (Å²) in [6.45, 7) is 0.0762. The molecule has 0 fully saturated rings.